The molecule has 13 heteroatoms. The summed E-state index contributed by atoms with van der Waals surface area (Å²) in [6, 6.07) is 17.4. The van der Waals surface area contributed by atoms with Crippen LogP contribution < -0.4 is 9.46 Å². The average Bonchev–Trinajstić information content (AvgIpc) is 3.81. The van der Waals surface area contributed by atoms with Crippen molar-refractivity contribution in [2.45, 2.75) is 45.9 Å². The van der Waals surface area contributed by atoms with E-state index in [2.05, 4.69) is 9.71 Å². The number of imidazole rings is 1. The van der Waals surface area contributed by atoms with Crippen LogP contribution in [-0.4, -0.2) is 43.6 Å². The minimum atomic E-state index is -0.530. The zero-order valence-corrected chi connectivity index (χ0v) is 26.1. The van der Waals surface area contributed by atoms with Crippen molar-refractivity contribution in [2.24, 2.45) is 0 Å². The summed E-state index contributed by atoms with van der Waals surface area (Å²) in [5.74, 6) is -0.335. The number of nitrogens with one attached hydrogen (secondary N) is 2. The molecule has 0 atom stereocenters. The van der Waals surface area contributed by atoms with Crippen LogP contribution in [0.25, 0.3) is 11.1 Å². The fourth-order valence-electron chi connectivity index (χ4n) is 5.84. The molecule has 8 nitrogen and oxygen atoms in total. The maximum absolute atomic E-state index is 15.2. The zero-order valence-electron chi connectivity index (χ0n) is 24.5. The lowest BCUT2D eigenvalue weighted by Gasteiger charge is -2.23. The normalized spacial score (nSPS) is 14.1. The number of aryl methyl sites for hydroxylation is 1. The molecule has 45 heavy (non-hydrogen) atoms. The van der Waals surface area contributed by atoms with Gasteiger partial charge < -0.3 is 19.3 Å². The molecule has 3 heterocycles. The first-order valence-electron chi connectivity index (χ1n) is 14.6. The molecule has 0 unspecified atom stereocenters. The van der Waals surface area contributed by atoms with Gasteiger partial charge in [-0.05, 0) is 65.8 Å². The summed E-state index contributed by atoms with van der Waals surface area (Å²) in [7, 11) is 0. The molecule has 2 aliphatic heterocycles. The molecule has 0 aliphatic carbocycles. The maximum atomic E-state index is 15.2. The van der Waals surface area contributed by atoms with Crippen LogP contribution in [0, 0.1) is 11.2 Å². The third-order valence-electron chi connectivity index (χ3n) is 8.16. The van der Waals surface area contributed by atoms with Gasteiger partial charge in [-0.1, -0.05) is 43.3 Å². The minimum Gasteiger partial charge on any atom is -0.486 e. The number of carbonyl (C=O) groups excluding carboxylic acids is 1. The second-order valence-corrected chi connectivity index (χ2v) is 11.8. The molecule has 0 saturated carbocycles. The molecule has 6 rings (SSSR count). The highest BCUT2D eigenvalue weighted by Gasteiger charge is 2.34. The lowest BCUT2D eigenvalue weighted by Crippen LogP contribution is -2.39. The number of fused-ring (bicyclic) bond motifs is 1. The first kappa shape index (κ1) is 30.9. The van der Waals surface area contributed by atoms with Crippen molar-refractivity contribution < 1.29 is 21.7 Å². The molecule has 0 radical (unpaired) electrons. The Balaban J connectivity index is 1.26. The van der Waals surface area contributed by atoms with Gasteiger partial charge in [0.1, 0.15) is 12.3 Å². The lowest BCUT2D eigenvalue weighted by atomic mass is 9.95. The molecule has 1 fully saturated rings. The van der Waals surface area contributed by atoms with Gasteiger partial charge in [0.15, 0.2) is 42.1 Å². The highest BCUT2D eigenvalue weighted by molar-refractivity contribution is 7.95. The van der Waals surface area contributed by atoms with Gasteiger partial charge in [-0.3, -0.25) is 5.41 Å². The summed E-state index contributed by atoms with van der Waals surface area (Å²) < 4.78 is 52.7. The maximum Gasteiger partial charge on any atom is 0.320 e. The summed E-state index contributed by atoms with van der Waals surface area (Å²) >= 11 is -0.227. The Kier molecular flexibility index (Phi) is 9.27. The van der Waals surface area contributed by atoms with Gasteiger partial charge >= 0.3 is 6.03 Å². The molecule has 3 aromatic carbocycles. The molecule has 234 valence electrons. The number of urea groups is 1. The van der Waals surface area contributed by atoms with E-state index in [0.29, 0.717) is 42.0 Å². The minimum absolute atomic E-state index is 0.0561. The largest absolute Gasteiger partial charge is 0.486 e. The van der Waals surface area contributed by atoms with Crippen LogP contribution in [0.3, 0.4) is 0 Å². The predicted molar refractivity (Wildman–Crippen MR) is 172 cm³/mol. The predicted octanol–water partition coefficient (Wildman–Crippen LogP) is 8.10. The van der Waals surface area contributed by atoms with E-state index >= 15 is 4.39 Å². The summed E-state index contributed by atoms with van der Waals surface area (Å²) in [6.07, 6.45) is 2.52. The SMILES string of the molecule is CCc1cc(OCc2ccccc2)c(F)cc1-c1ccc(C(=N)c2nc3c(n2SF)CN(C(=O)N2CCCC2)C3)c(NSF)c1. The van der Waals surface area contributed by atoms with Crippen LogP contribution in [0.1, 0.15) is 53.7 Å². The lowest BCUT2D eigenvalue weighted by molar-refractivity contribution is 0.161. The van der Waals surface area contributed by atoms with Gasteiger partial charge in [0, 0.05) is 18.7 Å². The second-order valence-electron chi connectivity index (χ2n) is 10.9. The Hall–Kier alpha value is -4.10. The van der Waals surface area contributed by atoms with Crippen molar-refractivity contribution in [1.29, 1.82) is 5.41 Å². The molecule has 1 saturated heterocycles. The topological polar surface area (TPSA) is 86.5 Å². The van der Waals surface area contributed by atoms with Crippen molar-refractivity contribution in [1.82, 2.24) is 18.8 Å². The van der Waals surface area contributed by atoms with Crippen molar-refractivity contribution in [3.05, 3.63) is 100 Å². The van der Waals surface area contributed by atoms with Crippen molar-refractivity contribution >= 4 is 42.1 Å². The van der Waals surface area contributed by atoms with Crippen molar-refractivity contribution in [2.75, 3.05) is 17.8 Å². The number of rotatable bonds is 10. The fraction of sp³-hybridized carbons (Fsp3) is 0.281. The highest BCUT2D eigenvalue weighted by Crippen LogP contribution is 2.36. The first-order chi connectivity index (χ1) is 21.9. The number of carbonyl (C=O) groups is 1. The van der Waals surface area contributed by atoms with E-state index in [1.807, 2.05) is 37.3 Å². The molecule has 4 aromatic rings. The molecule has 0 spiro atoms. The van der Waals surface area contributed by atoms with Gasteiger partial charge in [0.2, 0.25) is 0 Å². The molecule has 2 amide bonds. The number of anilines is 1. The van der Waals surface area contributed by atoms with Gasteiger partial charge in [-0.2, -0.15) is 0 Å². The van der Waals surface area contributed by atoms with E-state index < -0.39 is 5.82 Å². The van der Waals surface area contributed by atoms with E-state index in [-0.39, 0.29) is 78.9 Å². The van der Waals surface area contributed by atoms with Gasteiger partial charge in [-0.15, -0.1) is 7.77 Å². The Bertz CT molecular complexity index is 1730. The summed E-state index contributed by atoms with van der Waals surface area (Å²) in [6.45, 7) is 3.99. The van der Waals surface area contributed by atoms with E-state index in [1.54, 1.807) is 34.1 Å². The molecule has 2 N–H and O–H groups in total. The standard InChI is InChI=1S/C32H31F3N6O2S2/c1-2-21-15-29(43-19-20-8-4-3-5-9-20)25(33)16-24(21)22-10-11-23(26(14-22)38-44-34)30(36)31-37-27-17-40(18-28(27)41(31)45-35)32(42)39-12-6-7-13-39/h3-5,8-11,14-16,36,38H,2,6-7,12-13,17-19H2,1H3. The smallest absolute Gasteiger partial charge is 0.320 e. The van der Waals surface area contributed by atoms with E-state index in [1.165, 1.54) is 10.0 Å². The number of likely N-dealkylation sites (tertiary alicyclic amines) is 1. The summed E-state index contributed by atoms with van der Waals surface area (Å²) in [5.41, 5.74) is 4.41. The summed E-state index contributed by atoms with van der Waals surface area (Å²) in [5, 5.41) is 8.95. The van der Waals surface area contributed by atoms with Crippen LogP contribution in [0.2, 0.25) is 0 Å². The quantitative estimate of drug-likeness (QED) is 0.133. The highest BCUT2D eigenvalue weighted by atomic mass is 32.2. The molecule has 2 aliphatic rings. The fourth-order valence-corrected chi connectivity index (χ4v) is 6.53. The van der Waals surface area contributed by atoms with Gasteiger partial charge in [0.25, 0.3) is 0 Å². The van der Waals surface area contributed by atoms with Crippen LogP contribution >= 0.6 is 24.7 Å². The van der Waals surface area contributed by atoms with Gasteiger partial charge in [0.05, 0.1) is 30.2 Å². The number of halogens is 3. The zero-order chi connectivity index (χ0) is 31.5. The Morgan fingerprint density at radius 3 is 2.53 bits per heavy atom. The Labute approximate surface area is 268 Å². The number of aromatic nitrogens is 2. The molecule has 1 aromatic heterocycles. The number of nitrogens with zero attached hydrogens (tertiary/aromatic N) is 4. The number of amides is 2. The number of benzene rings is 3. The second kappa shape index (κ2) is 13.5. The van der Waals surface area contributed by atoms with Crippen molar-refractivity contribution in [3.63, 3.8) is 0 Å². The molecule has 0 bridgehead atoms. The van der Waals surface area contributed by atoms with Crippen molar-refractivity contribution in [3.8, 4) is 16.9 Å². The van der Waals surface area contributed by atoms with Crippen LogP contribution in [0.15, 0.2) is 60.7 Å². The summed E-state index contributed by atoms with van der Waals surface area (Å²) in [4.78, 5) is 20.9. The monoisotopic (exact) mass is 652 g/mol. The van der Waals surface area contributed by atoms with Crippen LogP contribution in [0.4, 0.5) is 22.6 Å². The van der Waals surface area contributed by atoms with E-state index in [4.69, 9.17) is 10.1 Å². The third-order valence-corrected chi connectivity index (χ3v) is 8.99. The molecular weight excluding hydrogens is 622 g/mol. The number of hydrogen-bond acceptors (Lipinski definition) is 7. The number of ether oxygens (including phenoxy) is 1. The first-order valence-corrected chi connectivity index (χ1v) is 16.0. The van der Waals surface area contributed by atoms with E-state index in [9.17, 15) is 12.6 Å². The van der Waals surface area contributed by atoms with Crippen LogP contribution in [-0.2, 0) is 26.1 Å². The number of hydrogen-bond donors (Lipinski definition) is 2. The van der Waals surface area contributed by atoms with Gasteiger partial charge in [-0.25, -0.2) is 18.1 Å². The Morgan fingerprint density at radius 1 is 1.04 bits per heavy atom. The van der Waals surface area contributed by atoms with Crippen LogP contribution in [0.5, 0.6) is 5.75 Å². The Morgan fingerprint density at radius 2 is 1.82 bits per heavy atom. The average molecular weight is 653 g/mol. The third kappa shape index (κ3) is 6.23. The van der Waals surface area contributed by atoms with E-state index in [0.717, 1.165) is 24.0 Å². The molecular formula is C32H31F3N6O2S2.